The summed E-state index contributed by atoms with van der Waals surface area (Å²) in [5.74, 6) is -0.245. The van der Waals surface area contributed by atoms with Crippen LogP contribution in [0.5, 0.6) is 0 Å². The predicted molar refractivity (Wildman–Crippen MR) is 125 cm³/mol. The lowest BCUT2D eigenvalue weighted by atomic mass is 9.98. The molecular formula is C24H19ClN6O. The number of pyridine rings is 1. The number of halogens is 1. The summed E-state index contributed by atoms with van der Waals surface area (Å²) in [6, 6.07) is 18.8. The van der Waals surface area contributed by atoms with Crippen molar-refractivity contribution in [3.63, 3.8) is 0 Å². The Balaban J connectivity index is 1.59. The van der Waals surface area contributed by atoms with Crippen LogP contribution in [0, 0.1) is 0 Å². The van der Waals surface area contributed by atoms with Gasteiger partial charge in [-0.05, 0) is 36.8 Å². The smallest absolute Gasteiger partial charge is 0.259 e. The van der Waals surface area contributed by atoms with Gasteiger partial charge >= 0.3 is 0 Å². The highest BCUT2D eigenvalue weighted by molar-refractivity contribution is 6.35. The molecule has 0 aliphatic heterocycles. The lowest BCUT2D eigenvalue weighted by Crippen LogP contribution is -2.28. The molecule has 1 amide bonds. The van der Waals surface area contributed by atoms with Gasteiger partial charge in [0.25, 0.3) is 5.91 Å². The number of nitrogen functional groups attached to an aromatic ring is 1. The summed E-state index contributed by atoms with van der Waals surface area (Å²) < 4.78 is 1.49. The number of amides is 1. The molecular weight excluding hydrogens is 424 g/mol. The van der Waals surface area contributed by atoms with Crippen molar-refractivity contribution in [3.05, 3.63) is 89.3 Å². The summed E-state index contributed by atoms with van der Waals surface area (Å²) in [4.78, 5) is 22.3. The van der Waals surface area contributed by atoms with Crippen LogP contribution < -0.4 is 11.1 Å². The Kier molecular flexibility index (Phi) is 4.95. The number of hydrogen-bond donors (Lipinski definition) is 2. The van der Waals surface area contributed by atoms with Gasteiger partial charge < -0.3 is 11.1 Å². The Hall–Kier alpha value is -3.97. The number of anilines is 1. The maximum absolute atomic E-state index is 13.2. The predicted octanol–water partition coefficient (Wildman–Crippen LogP) is 4.67. The molecule has 3 heterocycles. The Bertz CT molecular complexity index is 1460. The summed E-state index contributed by atoms with van der Waals surface area (Å²) in [7, 11) is 0. The molecule has 0 saturated heterocycles. The largest absolute Gasteiger partial charge is 0.381 e. The highest BCUT2D eigenvalue weighted by Crippen LogP contribution is 2.33. The van der Waals surface area contributed by atoms with Crippen LogP contribution in [0.1, 0.15) is 29.0 Å². The molecule has 7 nitrogen and oxygen atoms in total. The molecule has 0 spiro atoms. The number of hydrogen-bond acceptors (Lipinski definition) is 5. The van der Waals surface area contributed by atoms with Gasteiger partial charge in [0.2, 0.25) is 0 Å². The lowest BCUT2D eigenvalue weighted by Gasteiger charge is -2.18. The van der Waals surface area contributed by atoms with Crippen molar-refractivity contribution in [1.29, 1.82) is 0 Å². The average molecular weight is 443 g/mol. The Labute approximate surface area is 188 Å². The minimum Gasteiger partial charge on any atom is -0.381 e. The third-order valence-electron chi connectivity index (χ3n) is 5.33. The van der Waals surface area contributed by atoms with Gasteiger partial charge in [-0.1, -0.05) is 48.0 Å². The first-order valence-electron chi connectivity index (χ1n) is 10.1. The van der Waals surface area contributed by atoms with E-state index in [0.29, 0.717) is 10.7 Å². The van der Waals surface area contributed by atoms with Crippen LogP contribution in [0.3, 0.4) is 0 Å². The molecule has 3 aromatic heterocycles. The number of nitrogens with two attached hydrogens (primary N) is 1. The standard InChI is InChI=1S/C24H19ClN6O/c1-14(28-24(32)20-22(26)30-31-12-6-11-27-23(20)31)21-16(15-7-3-2-4-8-15)13-17-18(25)9-5-10-19(17)29-21/h2-14H,1H3,(H2,26,30)(H,28,32). The van der Waals surface area contributed by atoms with Gasteiger partial charge in [-0.25, -0.2) is 14.5 Å². The highest BCUT2D eigenvalue weighted by atomic mass is 35.5. The molecule has 5 rings (SSSR count). The molecule has 1 unspecified atom stereocenters. The van der Waals surface area contributed by atoms with Gasteiger partial charge in [0.05, 0.1) is 17.3 Å². The van der Waals surface area contributed by atoms with Crippen molar-refractivity contribution < 1.29 is 4.79 Å². The van der Waals surface area contributed by atoms with Gasteiger partial charge in [0.15, 0.2) is 11.5 Å². The van der Waals surface area contributed by atoms with E-state index in [9.17, 15) is 4.79 Å². The zero-order valence-electron chi connectivity index (χ0n) is 17.2. The van der Waals surface area contributed by atoms with Crippen LogP contribution in [0.2, 0.25) is 5.02 Å². The Morgan fingerprint density at radius 2 is 1.94 bits per heavy atom. The topological polar surface area (TPSA) is 98.2 Å². The third-order valence-corrected chi connectivity index (χ3v) is 5.66. The van der Waals surface area contributed by atoms with Crippen molar-refractivity contribution >= 4 is 39.9 Å². The van der Waals surface area contributed by atoms with E-state index in [0.717, 1.165) is 27.7 Å². The molecule has 0 saturated carbocycles. The van der Waals surface area contributed by atoms with Crippen LogP contribution in [-0.2, 0) is 0 Å². The summed E-state index contributed by atoms with van der Waals surface area (Å²) in [6.45, 7) is 1.89. The number of nitrogens with one attached hydrogen (secondary N) is 1. The minimum atomic E-state index is -0.417. The lowest BCUT2D eigenvalue weighted by molar-refractivity contribution is 0.0941. The second kappa shape index (κ2) is 7.94. The molecule has 0 aliphatic carbocycles. The normalized spacial score (nSPS) is 12.2. The quantitative estimate of drug-likeness (QED) is 0.421. The molecule has 2 aromatic carbocycles. The maximum atomic E-state index is 13.2. The van der Waals surface area contributed by atoms with Crippen molar-refractivity contribution in [1.82, 2.24) is 24.9 Å². The summed E-state index contributed by atoms with van der Waals surface area (Å²) in [6.07, 6.45) is 3.29. The van der Waals surface area contributed by atoms with Gasteiger partial charge in [-0.3, -0.25) is 4.79 Å². The number of benzene rings is 2. The number of nitrogens with zero attached hydrogens (tertiary/aromatic N) is 4. The fraction of sp³-hybridized carbons (Fsp3) is 0.0833. The summed E-state index contributed by atoms with van der Waals surface area (Å²) in [5.41, 5.74) is 10.0. The molecule has 5 aromatic rings. The number of carbonyl (C=O) groups is 1. The first kappa shape index (κ1) is 20.0. The zero-order valence-corrected chi connectivity index (χ0v) is 17.9. The van der Waals surface area contributed by atoms with Gasteiger partial charge in [-0.2, -0.15) is 0 Å². The van der Waals surface area contributed by atoms with Gasteiger partial charge in [-0.15, -0.1) is 5.10 Å². The summed E-state index contributed by atoms with van der Waals surface area (Å²) >= 11 is 6.43. The minimum absolute atomic E-state index is 0.120. The number of aromatic nitrogens is 4. The third kappa shape index (κ3) is 3.42. The first-order chi connectivity index (χ1) is 15.5. The van der Waals surface area contributed by atoms with E-state index < -0.39 is 6.04 Å². The average Bonchev–Trinajstić information content (AvgIpc) is 3.15. The van der Waals surface area contributed by atoms with E-state index in [1.165, 1.54) is 4.52 Å². The molecule has 0 radical (unpaired) electrons. The molecule has 32 heavy (non-hydrogen) atoms. The van der Waals surface area contributed by atoms with Crippen molar-refractivity contribution in [2.24, 2.45) is 0 Å². The second-order valence-electron chi connectivity index (χ2n) is 7.44. The number of fused-ring (bicyclic) bond motifs is 2. The van der Waals surface area contributed by atoms with Crippen LogP contribution in [0.25, 0.3) is 27.7 Å². The summed E-state index contributed by atoms with van der Waals surface area (Å²) in [5, 5.41) is 8.66. The molecule has 0 aliphatic rings. The second-order valence-corrected chi connectivity index (χ2v) is 7.84. The van der Waals surface area contributed by atoms with Crippen molar-refractivity contribution in [3.8, 4) is 11.1 Å². The van der Waals surface area contributed by atoms with Crippen molar-refractivity contribution in [2.75, 3.05) is 5.73 Å². The monoisotopic (exact) mass is 442 g/mol. The van der Waals surface area contributed by atoms with E-state index in [2.05, 4.69) is 15.4 Å². The number of carbonyl (C=O) groups excluding carboxylic acids is 1. The maximum Gasteiger partial charge on any atom is 0.259 e. The fourth-order valence-corrected chi connectivity index (χ4v) is 4.04. The molecule has 0 bridgehead atoms. The number of rotatable bonds is 4. The first-order valence-corrected chi connectivity index (χ1v) is 10.4. The van der Waals surface area contributed by atoms with E-state index in [1.807, 2.05) is 61.5 Å². The van der Waals surface area contributed by atoms with E-state index >= 15 is 0 Å². The van der Waals surface area contributed by atoms with Gasteiger partial charge in [0, 0.05) is 28.4 Å². The zero-order chi connectivity index (χ0) is 22.2. The Morgan fingerprint density at radius 1 is 1.12 bits per heavy atom. The van der Waals surface area contributed by atoms with Crippen LogP contribution in [0.15, 0.2) is 73.1 Å². The van der Waals surface area contributed by atoms with Crippen LogP contribution in [0.4, 0.5) is 5.82 Å². The molecule has 1 atom stereocenters. The van der Waals surface area contributed by atoms with E-state index in [1.54, 1.807) is 18.5 Å². The SMILES string of the molecule is CC(NC(=O)c1c(N)nn2cccnc12)c1nc2cccc(Cl)c2cc1-c1ccccc1. The van der Waals surface area contributed by atoms with Gasteiger partial charge in [0.1, 0.15) is 5.56 Å². The highest BCUT2D eigenvalue weighted by Gasteiger charge is 2.23. The Morgan fingerprint density at radius 3 is 2.75 bits per heavy atom. The molecule has 8 heteroatoms. The van der Waals surface area contributed by atoms with E-state index in [4.69, 9.17) is 22.3 Å². The fourth-order valence-electron chi connectivity index (χ4n) is 3.81. The molecule has 158 valence electrons. The van der Waals surface area contributed by atoms with E-state index in [-0.39, 0.29) is 17.3 Å². The molecule has 0 fully saturated rings. The van der Waals surface area contributed by atoms with Crippen LogP contribution >= 0.6 is 11.6 Å². The molecule has 3 N–H and O–H groups in total. The van der Waals surface area contributed by atoms with Crippen LogP contribution in [-0.4, -0.2) is 25.5 Å². The van der Waals surface area contributed by atoms with Crippen molar-refractivity contribution in [2.45, 2.75) is 13.0 Å².